The lowest BCUT2D eigenvalue weighted by Gasteiger charge is -2.26. The molecular formula is C17H18ClN3O3S. The Hall–Kier alpha value is -1.96. The van der Waals surface area contributed by atoms with Crippen molar-refractivity contribution in [2.45, 2.75) is 24.3 Å². The minimum Gasteiger partial charge on any atom is -0.391 e. The Balaban J connectivity index is 1.54. The summed E-state index contributed by atoms with van der Waals surface area (Å²) in [4.78, 5) is 9.47. The molecular weight excluding hydrogens is 362 g/mol. The van der Waals surface area contributed by atoms with Gasteiger partial charge in [0.15, 0.2) is 0 Å². The average molecular weight is 380 g/mol. The Morgan fingerprint density at radius 2 is 1.88 bits per heavy atom. The van der Waals surface area contributed by atoms with Crippen LogP contribution in [0.15, 0.2) is 58.8 Å². The van der Waals surface area contributed by atoms with Gasteiger partial charge in [0.1, 0.15) is 11.5 Å². The zero-order valence-electron chi connectivity index (χ0n) is 13.5. The van der Waals surface area contributed by atoms with Gasteiger partial charge in [0, 0.05) is 43.3 Å². The Labute approximate surface area is 152 Å². The van der Waals surface area contributed by atoms with Gasteiger partial charge >= 0.3 is 0 Å². The molecule has 0 amide bonds. The minimum absolute atomic E-state index is 0.217. The van der Waals surface area contributed by atoms with Gasteiger partial charge in [-0.2, -0.15) is 4.31 Å². The first kappa shape index (κ1) is 17.8. The van der Waals surface area contributed by atoms with Crippen LogP contribution in [0.4, 0.5) is 0 Å². The maximum atomic E-state index is 12.5. The Bertz CT molecular complexity index is 829. The lowest BCUT2D eigenvalue weighted by atomic mass is 10.1. The normalized spacial score (nSPS) is 15.8. The van der Waals surface area contributed by atoms with E-state index in [1.165, 1.54) is 10.5 Å². The zero-order valence-corrected chi connectivity index (χ0v) is 15.1. The molecule has 0 spiro atoms. The summed E-state index contributed by atoms with van der Waals surface area (Å²) in [6.45, 7) is 1.14. The van der Waals surface area contributed by atoms with E-state index in [9.17, 15) is 8.42 Å². The van der Waals surface area contributed by atoms with Crippen LogP contribution in [0.5, 0.6) is 0 Å². The summed E-state index contributed by atoms with van der Waals surface area (Å²) in [7, 11) is -3.49. The molecule has 3 rings (SSSR count). The summed E-state index contributed by atoms with van der Waals surface area (Å²) >= 11 is 5.84. The van der Waals surface area contributed by atoms with Gasteiger partial charge in [-0.25, -0.2) is 8.42 Å². The first-order valence-corrected chi connectivity index (χ1v) is 9.70. The summed E-state index contributed by atoms with van der Waals surface area (Å²) in [5.41, 5.74) is 1.84. The predicted octanol–water partition coefficient (Wildman–Crippen LogP) is 3.09. The number of rotatable bonds is 5. The Morgan fingerprint density at radius 3 is 2.52 bits per heavy atom. The van der Waals surface area contributed by atoms with Crippen molar-refractivity contribution < 1.29 is 13.3 Å². The smallest absolute Gasteiger partial charge is 0.244 e. The number of sulfonamides is 1. The summed E-state index contributed by atoms with van der Waals surface area (Å²) < 4.78 is 26.5. The molecule has 132 valence electrons. The second-order valence-electron chi connectivity index (χ2n) is 5.65. The Kier molecular flexibility index (Phi) is 5.67. The number of hydrogen-bond donors (Lipinski definition) is 0. The molecule has 0 atom stereocenters. The number of piperidine rings is 1. The highest BCUT2D eigenvalue weighted by Crippen LogP contribution is 2.19. The fourth-order valence-electron chi connectivity index (χ4n) is 2.50. The second kappa shape index (κ2) is 7.95. The van der Waals surface area contributed by atoms with Gasteiger partial charge in [-0.1, -0.05) is 28.9 Å². The standard InChI is InChI=1S/C17H18ClN3O3S/c18-15-5-3-14(4-6-15)13-24-20-16-7-10-21(11-8-16)25(22,23)17-2-1-9-19-12-17/h1-6,9,12H,7-8,10-11,13H2. The predicted molar refractivity (Wildman–Crippen MR) is 95.9 cm³/mol. The number of pyridine rings is 1. The summed E-state index contributed by atoms with van der Waals surface area (Å²) in [6, 6.07) is 10.5. The van der Waals surface area contributed by atoms with E-state index in [-0.39, 0.29) is 4.90 Å². The van der Waals surface area contributed by atoms with Crippen LogP contribution in [0.3, 0.4) is 0 Å². The molecule has 8 heteroatoms. The highest BCUT2D eigenvalue weighted by atomic mass is 35.5. The monoisotopic (exact) mass is 379 g/mol. The lowest BCUT2D eigenvalue weighted by Crippen LogP contribution is -2.38. The van der Waals surface area contributed by atoms with Gasteiger partial charge in [-0.3, -0.25) is 4.98 Å². The van der Waals surface area contributed by atoms with E-state index in [0.717, 1.165) is 11.3 Å². The Morgan fingerprint density at radius 1 is 1.16 bits per heavy atom. The number of oxime groups is 1. The average Bonchev–Trinajstić information content (AvgIpc) is 2.64. The molecule has 2 heterocycles. The summed E-state index contributed by atoms with van der Waals surface area (Å²) in [5, 5.41) is 4.82. The third-order valence-electron chi connectivity index (χ3n) is 3.91. The van der Waals surface area contributed by atoms with E-state index in [4.69, 9.17) is 16.4 Å². The topological polar surface area (TPSA) is 71.9 Å². The second-order valence-corrected chi connectivity index (χ2v) is 8.02. The molecule has 2 aromatic rings. The van der Waals surface area contributed by atoms with Crippen molar-refractivity contribution in [2.75, 3.05) is 13.1 Å². The first-order chi connectivity index (χ1) is 12.1. The molecule has 1 aliphatic rings. The third-order valence-corrected chi connectivity index (χ3v) is 6.04. The number of halogens is 1. The fraction of sp³-hybridized carbons (Fsp3) is 0.294. The van der Waals surface area contributed by atoms with E-state index in [2.05, 4.69) is 10.1 Å². The molecule has 0 N–H and O–H groups in total. The SMILES string of the molecule is O=S(=O)(c1cccnc1)N1CCC(=NOCc2ccc(Cl)cc2)CC1. The number of aromatic nitrogens is 1. The van der Waals surface area contributed by atoms with E-state index < -0.39 is 10.0 Å². The maximum absolute atomic E-state index is 12.5. The maximum Gasteiger partial charge on any atom is 0.244 e. The van der Waals surface area contributed by atoms with E-state index in [1.54, 1.807) is 30.5 Å². The third kappa shape index (κ3) is 4.56. The van der Waals surface area contributed by atoms with Crippen LogP contribution >= 0.6 is 11.6 Å². The minimum atomic E-state index is -3.49. The molecule has 0 radical (unpaired) electrons. The van der Waals surface area contributed by atoms with Gasteiger partial charge in [0.05, 0.1) is 5.71 Å². The van der Waals surface area contributed by atoms with Crippen molar-refractivity contribution in [2.24, 2.45) is 5.16 Å². The van der Waals surface area contributed by atoms with E-state index in [1.807, 2.05) is 12.1 Å². The van der Waals surface area contributed by atoms with Gasteiger partial charge in [-0.15, -0.1) is 0 Å². The molecule has 0 saturated carbocycles. The number of nitrogens with zero attached hydrogens (tertiary/aromatic N) is 3. The molecule has 6 nitrogen and oxygen atoms in total. The van der Waals surface area contributed by atoms with Gasteiger partial charge in [0.25, 0.3) is 0 Å². The van der Waals surface area contributed by atoms with Crippen LogP contribution < -0.4 is 0 Å². The zero-order chi connectivity index (χ0) is 17.7. The molecule has 1 fully saturated rings. The molecule has 1 aliphatic heterocycles. The van der Waals surface area contributed by atoms with Crippen LogP contribution in [-0.4, -0.2) is 36.5 Å². The van der Waals surface area contributed by atoms with Crippen LogP contribution in [-0.2, 0) is 21.5 Å². The van der Waals surface area contributed by atoms with Crippen LogP contribution in [0.1, 0.15) is 18.4 Å². The summed E-state index contributed by atoms with van der Waals surface area (Å²) in [5.74, 6) is 0. The highest BCUT2D eigenvalue weighted by Gasteiger charge is 2.28. The molecule has 0 bridgehead atoms. The van der Waals surface area contributed by atoms with Crippen molar-refractivity contribution in [1.29, 1.82) is 0 Å². The van der Waals surface area contributed by atoms with Crippen molar-refractivity contribution in [3.63, 3.8) is 0 Å². The first-order valence-electron chi connectivity index (χ1n) is 7.88. The van der Waals surface area contributed by atoms with Crippen molar-refractivity contribution >= 4 is 27.3 Å². The van der Waals surface area contributed by atoms with E-state index in [0.29, 0.717) is 37.6 Å². The van der Waals surface area contributed by atoms with Gasteiger partial charge in [0.2, 0.25) is 10.0 Å². The molecule has 1 aromatic heterocycles. The summed E-state index contributed by atoms with van der Waals surface area (Å²) in [6.07, 6.45) is 4.03. The van der Waals surface area contributed by atoms with Gasteiger partial charge in [-0.05, 0) is 29.8 Å². The van der Waals surface area contributed by atoms with Crippen molar-refractivity contribution in [3.05, 3.63) is 59.4 Å². The lowest BCUT2D eigenvalue weighted by molar-refractivity contribution is 0.128. The molecule has 0 unspecified atom stereocenters. The molecule has 1 saturated heterocycles. The quantitative estimate of drug-likeness (QED) is 0.748. The molecule has 25 heavy (non-hydrogen) atoms. The number of benzene rings is 1. The van der Waals surface area contributed by atoms with Crippen LogP contribution in [0, 0.1) is 0 Å². The van der Waals surface area contributed by atoms with E-state index >= 15 is 0 Å². The fourth-order valence-corrected chi connectivity index (χ4v) is 4.04. The van der Waals surface area contributed by atoms with Gasteiger partial charge < -0.3 is 4.84 Å². The highest BCUT2D eigenvalue weighted by molar-refractivity contribution is 7.89. The molecule has 0 aliphatic carbocycles. The van der Waals surface area contributed by atoms with Crippen LogP contribution in [0.2, 0.25) is 5.02 Å². The van der Waals surface area contributed by atoms with Crippen LogP contribution in [0.25, 0.3) is 0 Å². The van der Waals surface area contributed by atoms with Crippen molar-refractivity contribution in [1.82, 2.24) is 9.29 Å². The number of hydrogen-bond acceptors (Lipinski definition) is 5. The van der Waals surface area contributed by atoms with Crippen molar-refractivity contribution in [3.8, 4) is 0 Å². The largest absolute Gasteiger partial charge is 0.391 e. The molecule has 1 aromatic carbocycles.